The summed E-state index contributed by atoms with van der Waals surface area (Å²) in [5.74, 6) is 0.238. The maximum atomic E-state index is 12.4. The van der Waals surface area contributed by atoms with Crippen molar-refractivity contribution < 1.29 is 9.21 Å². The van der Waals surface area contributed by atoms with Gasteiger partial charge >= 0.3 is 11.8 Å². The van der Waals surface area contributed by atoms with Crippen LogP contribution in [0.2, 0.25) is 0 Å². The third-order valence-corrected chi connectivity index (χ3v) is 4.80. The van der Waals surface area contributed by atoms with Gasteiger partial charge in [-0.1, -0.05) is 44.2 Å². The fraction of sp³-hybridized carbons (Fsp3) is 0.471. The summed E-state index contributed by atoms with van der Waals surface area (Å²) in [5, 5.41) is 7.54. The Balaban J connectivity index is 1.83. The summed E-state index contributed by atoms with van der Waals surface area (Å²) in [6, 6.07) is 10.4. The molecule has 5 heteroatoms. The van der Waals surface area contributed by atoms with Crippen LogP contribution < -0.4 is 0 Å². The highest BCUT2D eigenvalue weighted by atomic mass is 16.4. The molecule has 0 radical (unpaired) electrons. The van der Waals surface area contributed by atoms with E-state index in [1.165, 1.54) is 5.56 Å². The van der Waals surface area contributed by atoms with Crippen LogP contribution in [-0.2, 0) is 5.41 Å². The van der Waals surface area contributed by atoms with Crippen molar-refractivity contribution in [2.75, 3.05) is 13.6 Å². The molecule has 2 aromatic rings. The first-order valence-corrected chi connectivity index (χ1v) is 7.47. The molecule has 1 aromatic carbocycles. The molecule has 5 nitrogen and oxygen atoms in total. The summed E-state index contributed by atoms with van der Waals surface area (Å²) in [4.78, 5) is 14.1. The second kappa shape index (κ2) is 4.93. The molecule has 1 saturated carbocycles. The lowest BCUT2D eigenvalue weighted by atomic mass is 9.87. The maximum absolute atomic E-state index is 12.4. The van der Waals surface area contributed by atoms with Gasteiger partial charge in [-0.2, -0.15) is 0 Å². The molecule has 0 spiro atoms. The molecular weight excluding hydrogens is 278 g/mol. The number of aromatic nitrogens is 2. The lowest BCUT2D eigenvalue weighted by molar-refractivity contribution is 0.0734. The smallest absolute Gasteiger partial charge is 0.311 e. The molecule has 1 heterocycles. The zero-order valence-corrected chi connectivity index (χ0v) is 13.5. The first-order chi connectivity index (χ1) is 10.4. The molecule has 0 bridgehead atoms. The third kappa shape index (κ3) is 2.30. The first-order valence-electron chi connectivity index (χ1n) is 7.47. The molecule has 0 aliphatic heterocycles. The van der Waals surface area contributed by atoms with Crippen molar-refractivity contribution in [3.8, 4) is 0 Å². The van der Waals surface area contributed by atoms with E-state index in [4.69, 9.17) is 4.42 Å². The molecule has 1 fully saturated rings. The standard InChI is InChI=1S/C17H21N3O2/c1-12-18-19-14(22-12)15(21)20(4)11-17(10-16(17,2)3)13-8-6-5-7-9-13/h5-9H,10-11H2,1-4H3. The minimum atomic E-state index is -0.224. The van der Waals surface area contributed by atoms with E-state index in [0.717, 1.165) is 6.42 Å². The number of aryl methyl sites for hydroxylation is 1. The van der Waals surface area contributed by atoms with Gasteiger partial charge in [0.2, 0.25) is 5.89 Å². The van der Waals surface area contributed by atoms with Crippen LogP contribution in [0.1, 0.15) is 42.4 Å². The van der Waals surface area contributed by atoms with Crippen molar-refractivity contribution in [1.82, 2.24) is 15.1 Å². The summed E-state index contributed by atoms with van der Waals surface area (Å²) >= 11 is 0. The molecule has 22 heavy (non-hydrogen) atoms. The highest BCUT2D eigenvalue weighted by molar-refractivity contribution is 5.89. The predicted molar refractivity (Wildman–Crippen MR) is 82.5 cm³/mol. The van der Waals surface area contributed by atoms with Gasteiger partial charge in [0.15, 0.2) is 0 Å². The number of carbonyl (C=O) groups is 1. The second-order valence-corrected chi connectivity index (χ2v) is 6.80. The van der Waals surface area contributed by atoms with E-state index in [-0.39, 0.29) is 22.6 Å². The van der Waals surface area contributed by atoms with Gasteiger partial charge in [-0.15, -0.1) is 10.2 Å². The van der Waals surface area contributed by atoms with E-state index in [1.807, 2.05) is 6.07 Å². The van der Waals surface area contributed by atoms with Crippen molar-refractivity contribution in [3.63, 3.8) is 0 Å². The molecule has 116 valence electrons. The van der Waals surface area contributed by atoms with Crippen molar-refractivity contribution in [2.45, 2.75) is 32.6 Å². The topological polar surface area (TPSA) is 59.2 Å². The summed E-state index contributed by atoms with van der Waals surface area (Å²) in [6.45, 7) is 6.81. The summed E-state index contributed by atoms with van der Waals surface area (Å²) in [5.41, 5.74) is 1.45. The Hall–Kier alpha value is -2.17. The Morgan fingerprint density at radius 1 is 1.27 bits per heavy atom. The lowest BCUT2D eigenvalue weighted by Gasteiger charge is -2.27. The van der Waals surface area contributed by atoms with E-state index in [9.17, 15) is 4.79 Å². The molecule has 1 aliphatic carbocycles. The van der Waals surface area contributed by atoms with E-state index in [1.54, 1.807) is 18.9 Å². The highest BCUT2D eigenvalue weighted by Crippen LogP contribution is 2.64. The van der Waals surface area contributed by atoms with E-state index >= 15 is 0 Å². The van der Waals surface area contributed by atoms with Crippen LogP contribution in [0, 0.1) is 12.3 Å². The number of benzene rings is 1. The zero-order valence-electron chi connectivity index (χ0n) is 13.5. The molecule has 1 aromatic heterocycles. The van der Waals surface area contributed by atoms with Gasteiger partial charge in [-0.05, 0) is 17.4 Å². The maximum Gasteiger partial charge on any atom is 0.311 e. The second-order valence-electron chi connectivity index (χ2n) is 6.80. The largest absolute Gasteiger partial charge is 0.417 e. The van der Waals surface area contributed by atoms with Crippen LogP contribution in [0.4, 0.5) is 0 Å². The van der Waals surface area contributed by atoms with Crippen LogP contribution in [0.3, 0.4) is 0 Å². The molecule has 1 aliphatic rings. The summed E-state index contributed by atoms with van der Waals surface area (Å²) in [7, 11) is 1.79. The molecule has 1 amide bonds. The molecule has 1 unspecified atom stereocenters. The molecular formula is C17H21N3O2. The predicted octanol–water partition coefficient (Wildman–Crippen LogP) is 2.82. The normalized spacial score (nSPS) is 22.4. The lowest BCUT2D eigenvalue weighted by Crippen LogP contribution is -2.36. The number of hydrogen-bond acceptors (Lipinski definition) is 4. The Morgan fingerprint density at radius 3 is 2.41 bits per heavy atom. The quantitative estimate of drug-likeness (QED) is 0.871. The molecule has 3 rings (SSSR count). The number of likely N-dealkylation sites (N-methyl/N-ethyl adjacent to an activating group) is 1. The zero-order chi connectivity index (χ0) is 16.0. The van der Waals surface area contributed by atoms with Gasteiger partial charge in [0, 0.05) is 25.9 Å². The van der Waals surface area contributed by atoms with E-state index in [0.29, 0.717) is 12.4 Å². The first kappa shape index (κ1) is 14.8. The number of carbonyl (C=O) groups excluding carboxylic acids is 1. The van der Waals surface area contributed by atoms with Gasteiger partial charge in [0.25, 0.3) is 0 Å². The van der Waals surface area contributed by atoms with Crippen LogP contribution in [0.15, 0.2) is 34.7 Å². The SMILES string of the molecule is Cc1nnc(C(=O)N(C)CC2(c3ccccc3)CC2(C)C)o1. The Bertz CT molecular complexity index is 693. The Labute approximate surface area is 130 Å². The summed E-state index contributed by atoms with van der Waals surface area (Å²) in [6.07, 6.45) is 1.06. The minimum absolute atomic E-state index is 0.00621. The monoisotopic (exact) mass is 299 g/mol. The van der Waals surface area contributed by atoms with Crippen molar-refractivity contribution >= 4 is 5.91 Å². The van der Waals surface area contributed by atoms with E-state index in [2.05, 4.69) is 48.3 Å². The van der Waals surface area contributed by atoms with Crippen molar-refractivity contribution in [2.24, 2.45) is 5.41 Å². The fourth-order valence-corrected chi connectivity index (χ4v) is 3.34. The molecule has 1 atom stereocenters. The average molecular weight is 299 g/mol. The van der Waals surface area contributed by atoms with Gasteiger partial charge in [0.1, 0.15) is 0 Å². The summed E-state index contributed by atoms with van der Waals surface area (Å²) < 4.78 is 5.25. The number of nitrogens with zero attached hydrogens (tertiary/aromatic N) is 3. The fourth-order valence-electron chi connectivity index (χ4n) is 3.34. The number of amides is 1. The molecule has 0 saturated heterocycles. The Kier molecular flexibility index (Phi) is 3.31. The number of hydrogen-bond donors (Lipinski definition) is 0. The van der Waals surface area contributed by atoms with E-state index < -0.39 is 0 Å². The van der Waals surface area contributed by atoms with Crippen molar-refractivity contribution in [3.05, 3.63) is 47.7 Å². The van der Waals surface area contributed by atoms with Crippen molar-refractivity contribution in [1.29, 1.82) is 0 Å². The molecule has 0 N–H and O–H groups in total. The Morgan fingerprint density at radius 2 is 1.91 bits per heavy atom. The van der Waals surface area contributed by atoms with Crippen LogP contribution in [-0.4, -0.2) is 34.6 Å². The highest BCUT2D eigenvalue weighted by Gasteiger charge is 2.62. The van der Waals surface area contributed by atoms with Crippen LogP contribution in [0.5, 0.6) is 0 Å². The average Bonchev–Trinajstić information content (AvgIpc) is 2.83. The van der Waals surface area contributed by atoms with Gasteiger partial charge in [-0.25, -0.2) is 0 Å². The third-order valence-electron chi connectivity index (χ3n) is 4.80. The number of rotatable bonds is 4. The minimum Gasteiger partial charge on any atom is -0.417 e. The van der Waals surface area contributed by atoms with Crippen LogP contribution in [0.25, 0.3) is 0 Å². The van der Waals surface area contributed by atoms with Gasteiger partial charge in [0.05, 0.1) is 0 Å². The van der Waals surface area contributed by atoms with Crippen LogP contribution >= 0.6 is 0 Å². The van der Waals surface area contributed by atoms with Gasteiger partial charge in [-0.3, -0.25) is 4.79 Å². The van der Waals surface area contributed by atoms with Gasteiger partial charge < -0.3 is 9.32 Å².